The van der Waals surface area contributed by atoms with Crippen molar-refractivity contribution in [3.63, 3.8) is 0 Å². The SMILES string of the molecule is CC(C)(C)C/C=C(/C=O)n1nnc2ccccc21. The van der Waals surface area contributed by atoms with E-state index in [0.717, 1.165) is 23.7 Å². The molecule has 4 heteroatoms. The highest BCUT2D eigenvalue weighted by Crippen LogP contribution is 2.21. The Morgan fingerprint density at radius 1 is 1.33 bits per heavy atom. The Kier molecular flexibility index (Phi) is 3.28. The van der Waals surface area contributed by atoms with Gasteiger partial charge in [0, 0.05) is 0 Å². The second-order valence-electron chi connectivity index (χ2n) is 5.50. The summed E-state index contributed by atoms with van der Waals surface area (Å²) in [6, 6.07) is 7.60. The number of fused-ring (bicyclic) bond motifs is 1. The molecule has 94 valence electrons. The fourth-order valence-electron chi connectivity index (χ4n) is 1.65. The monoisotopic (exact) mass is 243 g/mol. The molecule has 0 bridgehead atoms. The number of carbonyl (C=O) groups is 1. The van der Waals surface area contributed by atoms with E-state index in [9.17, 15) is 4.79 Å². The van der Waals surface area contributed by atoms with Crippen LogP contribution in [0.15, 0.2) is 30.3 Å². The number of carbonyl (C=O) groups excluding carboxylic acids is 1. The van der Waals surface area contributed by atoms with Crippen molar-refractivity contribution >= 4 is 23.0 Å². The van der Waals surface area contributed by atoms with Crippen LogP contribution in [-0.4, -0.2) is 21.3 Å². The van der Waals surface area contributed by atoms with Crippen molar-refractivity contribution in [2.24, 2.45) is 5.41 Å². The first-order chi connectivity index (χ1) is 8.51. The second-order valence-corrected chi connectivity index (χ2v) is 5.50. The van der Waals surface area contributed by atoms with E-state index in [-0.39, 0.29) is 5.41 Å². The lowest BCUT2D eigenvalue weighted by molar-refractivity contribution is -0.103. The van der Waals surface area contributed by atoms with Crippen molar-refractivity contribution in [2.45, 2.75) is 27.2 Å². The summed E-state index contributed by atoms with van der Waals surface area (Å²) in [5.74, 6) is 0. The first-order valence-corrected chi connectivity index (χ1v) is 5.97. The van der Waals surface area contributed by atoms with Gasteiger partial charge in [0.1, 0.15) is 11.2 Å². The first kappa shape index (κ1) is 12.5. The second kappa shape index (κ2) is 4.72. The Bertz CT molecular complexity index is 590. The summed E-state index contributed by atoms with van der Waals surface area (Å²) < 4.78 is 1.59. The van der Waals surface area contributed by atoms with Gasteiger partial charge in [-0.15, -0.1) is 5.10 Å². The maximum absolute atomic E-state index is 11.2. The van der Waals surface area contributed by atoms with E-state index in [1.54, 1.807) is 4.68 Å². The van der Waals surface area contributed by atoms with Crippen molar-refractivity contribution in [1.29, 1.82) is 0 Å². The van der Waals surface area contributed by atoms with Crippen LogP contribution in [0.4, 0.5) is 0 Å². The summed E-state index contributed by atoms with van der Waals surface area (Å²) in [7, 11) is 0. The summed E-state index contributed by atoms with van der Waals surface area (Å²) in [5, 5.41) is 8.08. The van der Waals surface area contributed by atoms with E-state index in [4.69, 9.17) is 0 Å². The Labute approximate surface area is 106 Å². The molecule has 1 aromatic carbocycles. The molecule has 0 aliphatic heterocycles. The van der Waals surface area contributed by atoms with E-state index in [0.29, 0.717) is 5.70 Å². The van der Waals surface area contributed by atoms with Crippen LogP contribution in [0.2, 0.25) is 0 Å². The van der Waals surface area contributed by atoms with Gasteiger partial charge >= 0.3 is 0 Å². The highest BCUT2D eigenvalue weighted by atomic mass is 16.1. The van der Waals surface area contributed by atoms with Gasteiger partial charge in [0.05, 0.1) is 5.52 Å². The van der Waals surface area contributed by atoms with Crippen molar-refractivity contribution in [3.05, 3.63) is 30.3 Å². The van der Waals surface area contributed by atoms with Crippen LogP contribution in [0.3, 0.4) is 0 Å². The van der Waals surface area contributed by atoms with Gasteiger partial charge in [-0.25, -0.2) is 4.68 Å². The molecule has 0 amide bonds. The molecule has 0 radical (unpaired) electrons. The fraction of sp³-hybridized carbons (Fsp3) is 0.357. The number of allylic oxidation sites excluding steroid dienone is 2. The fourth-order valence-corrected chi connectivity index (χ4v) is 1.65. The van der Waals surface area contributed by atoms with Crippen molar-refractivity contribution < 1.29 is 4.79 Å². The number of para-hydroxylation sites is 1. The number of rotatable bonds is 3. The third-order valence-electron chi connectivity index (χ3n) is 2.64. The number of hydrogen-bond acceptors (Lipinski definition) is 3. The highest BCUT2D eigenvalue weighted by Gasteiger charge is 2.11. The number of aldehydes is 1. The highest BCUT2D eigenvalue weighted by molar-refractivity contribution is 6.01. The molecular formula is C14H17N3O. The molecule has 4 nitrogen and oxygen atoms in total. The van der Waals surface area contributed by atoms with Gasteiger partial charge in [-0.05, 0) is 24.0 Å². The molecule has 1 aromatic heterocycles. The molecule has 0 atom stereocenters. The maximum atomic E-state index is 11.2. The van der Waals surface area contributed by atoms with E-state index in [2.05, 4.69) is 31.1 Å². The first-order valence-electron chi connectivity index (χ1n) is 5.97. The van der Waals surface area contributed by atoms with E-state index in [1.165, 1.54) is 0 Å². The molecule has 0 saturated carbocycles. The molecule has 2 aromatic rings. The Morgan fingerprint density at radius 2 is 2.06 bits per heavy atom. The molecule has 0 aliphatic carbocycles. The molecule has 0 fully saturated rings. The van der Waals surface area contributed by atoms with Crippen molar-refractivity contribution in [3.8, 4) is 0 Å². The zero-order chi connectivity index (χ0) is 13.2. The molecule has 1 heterocycles. The number of hydrogen-bond donors (Lipinski definition) is 0. The number of benzene rings is 1. The minimum absolute atomic E-state index is 0.143. The molecule has 0 saturated heterocycles. The van der Waals surface area contributed by atoms with Gasteiger partial charge in [-0.2, -0.15) is 0 Å². The van der Waals surface area contributed by atoms with Crippen LogP contribution in [0.5, 0.6) is 0 Å². The van der Waals surface area contributed by atoms with Crippen LogP contribution in [0.1, 0.15) is 27.2 Å². The van der Waals surface area contributed by atoms with E-state index in [1.807, 2.05) is 30.3 Å². The topological polar surface area (TPSA) is 47.8 Å². The molecule has 18 heavy (non-hydrogen) atoms. The molecular weight excluding hydrogens is 226 g/mol. The smallest absolute Gasteiger partial charge is 0.168 e. The van der Waals surface area contributed by atoms with Crippen LogP contribution in [0, 0.1) is 5.41 Å². The van der Waals surface area contributed by atoms with Gasteiger partial charge in [0.15, 0.2) is 6.29 Å². The normalized spacial score (nSPS) is 12.9. The maximum Gasteiger partial charge on any atom is 0.168 e. The van der Waals surface area contributed by atoms with Gasteiger partial charge in [-0.1, -0.05) is 44.2 Å². The summed E-state index contributed by atoms with van der Waals surface area (Å²) in [6.07, 6.45) is 3.55. The van der Waals surface area contributed by atoms with Gasteiger partial charge in [0.25, 0.3) is 0 Å². The molecule has 0 N–H and O–H groups in total. The Hall–Kier alpha value is -1.97. The summed E-state index contributed by atoms with van der Waals surface area (Å²) in [6.45, 7) is 6.39. The van der Waals surface area contributed by atoms with Crippen LogP contribution in [0.25, 0.3) is 16.7 Å². The number of nitrogens with zero attached hydrogens (tertiary/aromatic N) is 3. The van der Waals surface area contributed by atoms with Crippen molar-refractivity contribution in [2.75, 3.05) is 0 Å². The third kappa shape index (κ3) is 2.64. The van der Waals surface area contributed by atoms with E-state index >= 15 is 0 Å². The lowest BCUT2D eigenvalue weighted by Gasteiger charge is -2.15. The molecule has 2 rings (SSSR count). The largest absolute Gasteiger partial charge is 0.296 e. The minimum Gasteiger partial charge on any atom is -0.296 e. The van der Waals surface area contributed by atoms with Gasteiger partial charge < -0.3 is 0 Å². The predicted octanol–water partition coefficient (Wildman–Crippen LogP) is 2.91. The summed E-state index contributed by atoms with van der Waals surface area (Å²) in [5.41, 5.74) is 2.33. The predicted molar refractivity (Wildman–Crippen MR) is 71.9 cm³/mol. The van der Waals surface area contributed by atoms with Crippen LogP contribution >= 0.6 is 0 Å². The number of aromatic nitrogens is 3. The van der Waals surface area contributed by atoms with Crippen LogP contribution in [-0.2, 0) is 4.79 Å². The van der Waals surface area contributed by atoms with E-state index < -0.39 is 0 Å². The molecule has 0 aliphatic rings. The van der Waals surface area contributed by atoms with Gasteiger partial charge in [0.2, 0.25) is 0 Å². The quantitative estimate of drug-likeness (QED) is 0.615. The Balaban J connectivity index is 2.42. The Morgan fingerprint density at radius 3 is 2.72 bits per heavy atom. The van der Waals surface area contributed by atoms with Crippen molar-refractivity contribution in [1.82, 2.24) is 15.0 Å². The summed E-state index contributed by atoms with van der Waals surface area (Å²) >= 11 is 0. The lowest BCUT2D eigenvalue weighted by atomic mass is 9.92. The summed E-state index contributed by atoms with van der Waals surface area (Å²) in [4.78, 5) is 11.2. The molecule has 0 unspecified atom stereocenters. The molecule has 0 spiro atoms. The third-order valence-corrected chi connectivity index (χ3v) is 2.64. The van der Waals surface area contributed by atoms with Crippen LogP contribution < -0.4 is 0 Å². The standard InChI is InChI=1S/C14H17N3O/c1-14(2,3)9-8-11(10-18)17-13-7-5-4-6-12(13)15-16-17/h4-8,10H,9H2,1-3H3/b11-8-. The average molecular weight is 243 g/mol. The average Bonchev–Trinajstić information content (AvgIpc) is 2.73. The van der Waals surface area contributed by atoms with Gasteiger partial charge in [-0.3, -0.25) is 4.79 Å². The zero-order valence-electron chi connectivity index (χ0n) is 10.9. The minimum atomic E-state index is 0.143. The zero-order valence-corrected chi connectivity index (χ0v) is 10.9. The lowest BCUT2D eigenvalue weighted by Crippen LogP contribution is -2.06.